The van der Waals surface area contributed by atoms with Crippen LogP contribution >= 0.6 is 0 Å². The summed E-state index contributed by atoms with van der Waals surface area (Å²) in [4.78, 5) is 10.9. The van der Waals surface area contributed by atoms with Crippen LogP contribution in [0.15, 0.2) is 18.3 Å². The molecule has 3 nitrogen and oxygen atoms in total. The van der Waals surface area contributed by atoms with E-state index in [1.54, 1.807) is 12.1 Å². The molecule has 0 radical (unpaired) electrons. The molecule has 1 aromatic heterocycles. The van der Waals surface area contributed by atoms with E-state index >= 15 is 0 Å². The van der Waals surface area contributed by atoms with Crippen molar-refractivity contribution in [3.63, 3.8) is 0 Å². The molecule has 1 rings (SSSR count). The van der Waals surface area contributed by atoms with Gasteiger partial charge in [0.2, 0.25) is 0 Å². The summed E-state index contributed by atoms with van der Waals surface area (Å²) in [6, 6.07) is 3.46. The molecule has 102 valence electrons. The third-order valence-electron chi connectivity index (χ3n) is 3.30. The van der Waals surface area contributed by atoms with E-state index in [0.29, 0.717) is 5.69 Å². The molecule has 0 aromatic carbocycles. The van der Waals surface area contributed by atoms with Gasteiger partial charge in [0.15, 0.2) is 0 Å². The summed E-state index contributed by atoms with van der Waals surface area (Å²) in [6.07, 6.45) is 12.1. The van der Waals surface area contributed by atoms with Gasteiger partial charge in [-0.25, -0.2) is 4.79 Å². The van der Waals surface area contributed by atoms with Gasteiger partial charge in [-0.05, 0) is 18.6 Å². The standard InChI is InChI=1S/C15H25NO2/c1-2-3-4-5-6-7-8-9-12-16-13-10-11-14(16)15(17)18/h10-11,13H,2-9,12H2,1H3,(H,17,18). The van der Waals surface area contributed by atoms with Gasteiger partial charge in [-0.2, -0.15) is 0 Å². The van der Waals surface area contributed by atoms with Crippen molar-refractivity contribution in [3.05, 3.63) is 24.0 Å². The Kier molecular flexibility index (Phi) is 7.23. The predicted octanol–water partition coefficient (Wildman–Crippen LogP) is 4.33. The van der Waals surface area contributed by atoms with Crippen molar-refractivity contribution in [1.29, 1.82) is 0 Å². The summed E-state index contributed by atoms with van der Waals surface area (Å²) in [5.41, 5.74) is 0.401. The normalized spacial score (nSPS) is 10.7. The quantitative estimate of drug-likeness (QED) is 0.629. The van der Waals surface area contributed by atoms with Crippen molar-refractivity contribution in [1.82, 2.24) is 4.57 Å². The largest absolute Gasteiger partial charge is 0.477 e. The van der Waals surface area contributed by atoms with Gasteiger partial charge in [0.1, 0.15) is 5.69 Å². The summed E-state index contributed by atoms with van der Waals surface area (Å²) in [7, 11) is 0. The van der Waals surface area contributed by atoms with Crippen LogP contribution in [0.4, 0.5) is 0 Å². The Morgan fingerprint density at radius 1 is 1.11 bits per heavy atom. The maximum absolute atomic E-state index is 10.9. The van der Waals surface area contributed by atoms with Gasteiger partial charge in [-0.1, -0.05) is 51.9 Å². The van der Waals surface area contributed by atoms with Gasteiger partial charge in [-0.15, -0.1) is 0 Å². The van der Waals surface area contributed by atoms with Crippen molar-refractivity contribution in [2.24, 2.45) is 0 Å². The molecule has 0 fully saturated rings. The van der Waals surface area contributed by atoms with Crippen LogP contribution in [0.25, 0.3) is 0 Å². The average molecular weight is 251 g/mol. The summed E-state index contributed by atoms with van der Waals surface area (Å²) < 4.78 is 1.83. The van der Waals surface area contributed by atoms with Gasteiger partial charge in [0.25, 0.3) is 0 Å². The average Bonchev–Trinajstić information content (AvgIpc) is 2.81. The van der Waals surface area contributed by atoms with Crippen LogP contribution in [0, 0.1) is 0 Å². The SMILES string of the molecule is CCCCCCCCCCn1cccc1C(=O)O. The van der Waals surface area contributed by atoms with E-state index in [9.17, 15) is 4.79 Å². The lowest BCUT2D eigenvalue weighted by atomic mass is 10.1. The van der Waals surface area contributed by atoms with Crippen molar-refractivity contribution in [2.45, 2.75) is 64.8 Å². The topological polar surface area (TPSA) is 42.2 Å². The summed E-state index contributed by atoms with van der Waals surface area (Å²) in [5, 5.41) is 8.96. The smallest absolute Gasteiger partial charge is 0.352 e. The molecule has 0 saturated heterocycles. The van der Waals surface area contributed by atoms with E-state index in [4.69, 9.17) is 5.11 Å². The first-order valence-electron chi connectivity index (χ1n) is 7.14. The molecule has 0 amide bonds. The van der Waals surface area contributed by atoms with E-state index in [-0.39, 0.29) is 0 Å². The molecule has 0 bridgehead atoms. The monoisotopic (exact) mass is 251 g/mol. The van der Waals surface area contributed by atoms with Crippen LogP contribution in [0.1, 0.15) is 68.8 Å². The Bertz CT molecular complexity index is 344. The molecule has 0 aliphatic heterocycles. The number of aryl methyl sites for hydroxylation is 1. The number of nitrogens with zero attached hydrogens (tertiary/aromatic N) is 1. The van der Waals surface area contributed by atoms with E-state index < -0.39 is 5.97 Å². The van der Waals surface area contributed by atoms with E-state index in [2.05, 4.69) is 6.92 Å². The van der Waals surface area contributed by atoms with Crippen molar-refractivity contribution in [3.8, 4) is 0 Å². The highest BCUT2D eigenvalue weighted by Gasteiger charge is 2.07. The number of carboxylic acid groups (broad SMARTS) is 1. The highest BCUT2D eigenvalue weighted by atomic mass is 16.4. The third-order valence-corrected chi connectivity index (χ3v) is 3.30. The molecule has 18 heavy (non-hydrogen) atoms. The Morgan fingerprint density at radius 3 is 2.33 bits per heavy atom. The molecule has 0 aliphatic carbocycles. The van der Waals surface area contributed by atoms with Gasteiger partial charge in [0, 0.05) is 12.7 Å². The summed E-state index contributed by atoms with van der Waals surface area (Å²) >= 11 is 0. The second-order valence-electron chi connectivity index (χ2n) is 4.87. The van der Waals surface area contributed by atoms with E-state index in [0.717, 1.165) is 13.0 Å². The lowest BCUT2D eigenvalue weighted by Gasteiger charge is -2.06. The molecule has 0 spiro atoms. The second-order valence-corrected chi connectivity index (χ2v) is 4.87. The second kappa shape index (κ2) is 8.78. The fourth-order valence-corrected chi connectivity index (χ4v) is 2.22. The molecular weight excluding hydrogens is 226 g/mol. The molecule has 0 unspecified atom stereocenters. The fourth-order valence-electron chi connectivity index (χ4n) is 2.22. The molecule has 1 heterocycles. The minimum atomic E-state index is -0.834. The Labute approximate surface area is 110 Å². The van der Waals surface area contributed by atoms with Crippen LogP contribution in [0.3, 0.4) is 0 Å². The number of aromatic carboxylic acids is 1. The molecule has 1 N–H and O–H groups in total. The van der Waals surface area contributed by atoms with Gasteiger partial charge in [-0.3, -0.25) is 0 Å². The third kappa shape index (κ3) is 5.39. The van der Waals surface area contributed by atoms with Crippen LogP contribution in [0.5, 0.6) is 0 Å². The zero-order chi connectivity index (χ0) is 13.2. The maximum Gasteiger partial charge on any atom is 0.352 e. The number of hydrogen-bond acceptors (Lipinski definition) is 1. The highest BCUT2D eigenvalue weighted by Crippen LogP contribution is 2.10. The minimum Gasteiger partial charge on any atom is -0.477 e. The summed E-state index contributed by atoms with van der Waals surface area (Å²) in [6.45, 7) is 3.06. The Balaban J connectivity index is 2.07. The van der Waals surface area contributed by atoms with Crippen molar-refractivity contribution < 1.29 is 9.90 Å². The van der Waals surface area contributed by atoms with Gasteiger partial charge >= 0.3 is 5.97 Å². The molecular formula is C15H25NO2. The van der Waals surface area contributed by atoms with Gasteiger partial charge < -0.3 is 9.67 Å². The molecule has 1 aromatic rings. The van der Waals surface area contributed by atoms with Crippen molar-refractivity contribution in [2.75, 3.05) is 0 Å². The van der Waals surface area contributed by atoms with Crippen LogP contribution in [-0.4, -0.2) is 15.6 Å². The van der Waals surface area contributed by atoms with Crippen LogP contribution < -0.4 is 0 Å². The molecule has 0 aliphatic rings. The predicted molar refractivity (Wildman–Crippen MR) is 74.0 cm³/mol. The summed E-state index contributed by atoms with van der Waals surface area (Å²) in [5.74, 6) is -0.834. The maximum atomic E-state index is 10.9. The van der Waals surface area contributed by atoms with E-state index in [1.165, 1.54) is 44.9 Å². The number of rotatable bonds is 10. The zero-order valence-electron chi connectivity index (χ0n) is 11.4. The lowest BCUT2D eigenvalue weighted by molar-refractivity contribution is 0.0685. The Hall–Kier alpha value is -1.25. The number of aromatic nitrogens is 1. The zero-order valence-corrected chi connectivity index (χ0v) is 11.4. The van der Waals surface area contributed by atoms with Crippen LogP contribution in [-0.2, 0) is 6.54 Å². The highest BCUT2D eigenvalue weighted by molar-refractivity contribution is 5.85. The fraction of sp³-hybridized carbons (Fsp3) is 0.667. The van der Waals surface area contributed by atoms with Crippen molar-refractivity contribution >= 4 is 5.97 Å². The first kappa shape index (κ1) is 14.8. The number of carbonyl (C=O) groups is 1. The minimum absolute atomic E-state index is 0.401. The molecule has 0 atom stereocenters. The first-order valence-corrected chi connectivity index (χ1v) is 7.14. The van der Waals surface area contributed by atoms with E-state index in [1.807, 2.05) is 10.8 Å². The lowest BCUT2D eigenvalue weighted by Crippen LogP contribution is -2.07. The van der Waals surface area contributed by atoms with Gasteiger partial charge in [0.05, 0.1) is 0 Å². The number of hydrogen-bond donors (Lipinski definition) is 1. The molecule has 3 heteroatoms. The Morgan fingerprint density at radius 2 is 1.72 bits per heavy atom. The van der Waals surface area contributed by atoms with Crippen LogP contribution in [0.2, 0.25) is 0 Å². The number of unbranched alkanes of at least 4 members (excludes halogenated alkanes) is 7. The first-order chi connectivity index (χ1) is 8.75. The number of carboxylic acids is 1. The molecule has 0 saturated carbocycles.